The van der Waals surface area contributed by atoms with E-state index >= 15 is 0 Å². The van der Waals surface area contributed by atoms with Gasteiger partial charge in [-0.25, -0.2) is 4.98 Å². The van der Waals surface area contributed by atoms with E-state index in [-0.39, 0.29) is 0 Å². The van der Waals surface area contributed by atoms with Crippen LogP contribution in [0.2, 0.25) is 0 Å². The van der Waals surface area contributed by atoms with E-state index in [4.69, 9.17) is 0 Å². The molecule has 0 amide bonds. The number of pyridine rings is 1. The van der Waals surface area contributed by atoms with Gasteiger partial charge in [0.15, 0.2) is 0 Å². The molecule has 2 heterocycles. The predicted octanol–water partition coefficient (Wildman–Crippen LogP) is 1.84. The molecular weight excluding hydrogens is 232 g/mol. The lowest BCUT2D eigenvalue weighted by Gasteiger charge is -1.91. The molecule has 0 bridgehead atoms. The zero-order chi connectivity index (χ0) is 9.26. The second-order valence-corrected chi connectivity index (χ2v) is 3.63. The lowest BCUT2D eigenvalue weighted by atomic mass is 10.4. The minimum Gasteiger partial charge on any atom is -0.306 e. The van der Waals surface area contributed by atoms with Crippen LogP contribution >= 0.6 is 15.9 Å². The number of nitrogens with zero attached hydrogens (tertiary/aromatic N) is 2. The first kappa shape index (κ1) is 8.44. The molecule has 2 aromatic heterocycles. The second-order valence-electron chi connectivity index (χ2n) is 2.72. The number of rotatable bonds is 2. The summed E-state index contributed by atoms with van der Waals surface area (Å²) in [6, 6.07) is 3.82. The topological polar surface area (TPSA) is 34.4 Å². The third-order valence-electron chi connectivity index (χ3n) is 1.76. The van der Waals surface area contributed by atoms with Gasteiger partial charge in [-0.3, -0.25) is 0 Å². The predicted molar refractivity (Wildman–Crippen MR) is 52.7 cm³/mol. The Morgan fingerprint density at radius 2 is 2.31 bits per heavy atom. The van der Waals surface area contributed by atoms with Gasteiger partial charge in [0.2, 0.25) is 0 Å². The van der Waals surface area contributed by atoms with Crippen LogP contribution < -0.4 is 0 Å². The molecular formula is C9H7BrN2O. The third kappa shape index (κ3) is 1.62. The Labute approximate surface area is 83.5 Å². The standard InChI is InChI=1S/C9H7BrN2O/c10-7-1-2-9-11-8(3-4-13)6-12(9)5-7/h1-2,4-6H,3H2. The van der Waals surface area contributed by atoms with Gasteiger partial charge in [0, 0.05) is 23.3 Å². The molecule has 0 atom stereocenters. The minimum absolute atomic E-state index is 0.374. The van der Waals surface area contributed by atoms with Gasteiger partial charge < -0.3 is 9.20 Å². The van der Waals surface area contributed by atoms with Crippen molar-refractivity contribution in [2.75, 3.05) is 0 Å². The number of hydrogen-bond donors (Lipinski definition) is 0. The molecule has 2 rings (SSSR count). The zero-order valence-corrected chi connectivity index (χ0v) is 8.36. The highest BCUT2D eigenvalue weighted by molar-refractivity contribution is 9.10. The minimum atomic E-state index is 0.374. The Kier molecular flexibility index (Phi) is 2.14. The average Bonchev–Trinajstić information content (AvgIpc) is 2.46. The average molecular weight is 239 g/mol. The highest BCUT2D eigenvalue weighted by Gasteiger charge is 2.00. The molecule has 0 saturated heterocycles. The number of carbonyl (C=O) groups excluding carboxylic acids is 1. The van der Waals surface area contributed by atoms with E-state index in [0.717, 1.165) is 22.1 Å². The summed E-state index contributed by atoms with van der Waals surface area (Å²) in [5.41, 5.74) is 1.66. The van der Waals surface area contributed by atoms with Crippen molar-refractivity contribution >= 4 is 27.9 Å². The Morgan fingerprint density at radius 3 is 3.08 bits per heavy atom. The first-order valence-corrected chi connectivity index (χ1v) is 4.65. The zero-order valence-electron chi connectivity index (χ0n) is 6.77. The summed E-state index contributed by atoms with van der Waals surface area (Å²) in [6.07, 6.45) is 5.00. The van der Waals surface area contributed by atoms with Crippen LogP contribution in [0, 0.1) is 0 Å². The molecule has 0 unspecified atom stereocenters. The Morgan fingerprint density at radius 1 is 1.46 bits per heavy atom. The summed E-state index contributed by atoms with van der Waals surface area (Å²) in [5.74, 6) is 0. The Balaban J connectivity index is 2.55. The highest BCUT2D eigenvalue weighted by atomic mass is 79.9. The second kappa shape index (κ2) is 3.30. The Bertz CT molecular complexity index is 450. The summed E-state index contributed by atoms with van der Waals surface area (Å²) in [5, 5.41) is 0. The van der Waals surface area contributed by atoms with Crippen molar-refractivity contribution in [1.29, 1.82) is 0 Å². The van der Waals surface area contributed by atoms with Gasteiger partial charge >= 0.3 is 0 Å². The van der Waals surface area contributed by atoms with Crippen molar-refractivity contribution in [1.82, 2.24) is 9.38 Å². The number of aromatic nitrogens is 2. The summed E-state index contributed by atoms with van der Waals surface area (Å²) < 4.78 is 2.89. The van der Waals surface area contributed by atoms with E-state index in [2.05, 4.69) is 20.9 Å². The molecule has 0 aliphatic carbocycles. The van der Waals surface area contributed by atoms with E-state index < -0.39 is 0 Å². The lowest BCUT2D eigenvalue weighted by molar-refractivity contribution is -0.107. The van der Waals surface area contributed by atoms with Crippen molar-refractivity contribution in [3.05, 3.63) is 34.7 Å². The number of hydrogen-bond acceptors (Lipinski definition) is 2. The van der Waals surface area contributed by atoms with Crippen LogP contribution in [0.3, 0.4) is 0 Å². The lowest BCUT2D eigenvalue weighted by Crippen LogP contribution is -1.83. The maximum Gasteiger partial charge on any atom is 0.137 e. The van der Waals surface area contributed by atoms with Gasteiger partial charge in [-0.1, -0.05) is 0 Å². The molecule has 13 heavy (non-hydrogen) atoms. The molecule has 0 N–H and O–H groups in total. The van der Waals surface area contributed by atoms with Crippen LogP contribution in [0.5, 0.6) is 0 Å². The summed E-state index contributed by atoms with van der Waals surface area (Å²) >= 11 is 3.36. The maximum absolute atomic E-state index is 10.3. The number of aldehydes is 1. The number of imidazole rings is 1. The monoisotopic (exact) mass is 238 g/mol. The van der Waals surface area contributed by atoms with E-state index in [1.807, 2.05) is 28.9 Å². The van der Waals surface area contributed by atoms with Gasteiger partial charge in [0.05, 0.1) is 5.69 Å². The normalized spacial score (nSPS) is 10.5. The van der Waals surface area contributed by atoms with E-state index in [1.165, 1.54) is 0 Å². The smallest absolute Gasteiger partial charge is 0.137 e. The third-order valence-corrected chi connectivity index (χ3v) is 2.23. The van der Waals surface area contributed by atoms with Crippen LogP contribution in [-0.4, -0.2) is 15.7 Å². The van der Waals surface area contributed by atoms with Crippen molar-refractivity contribution < 1.29 is 4.79 Å². The van der Waals surface area contributed by atoms with Gasteiger partial charge in [0.25, 0.3) is 0 Å². The quantitative estimate of drug-likeness (QED) is 0.749. The fraction of sp³-hybridized carbons (Fsp3) is 0.111. The van der Waals surface area contributed by atoms with Crippen LogP contribution in [0.25, 0.3) is 5.65 Å². The molecule has 0 radical (unpaired) electrons. The van der Waals surface area contributed by atoms with Crippen LogP contribution in [0.4, 0.5) is 0 Å². The van der Waals surface area contributed by atoms with Crippen LogP contribution in [0.1, 0.15) is 5.69 Å². The van der Waals surface area contributed by atoms with Crippen LogP contribution in [-0.2, 0) is 11.2 Å². The molecule has 0 aliphatic rings. The summed E-state index contributed by atoms with van der Waals surface area (Å²) in [6.45, 7) is 0. The molecule has 4 heteroatoms. The van der Waals surface area contributed by atoms with Gasteiger partial charge in [-0.15, -0.1) is 0 Å². The van der Waals surface area contributed by atoms with E-state index in [9.17, 15) is 4.79 Å². The largest absolute Gasteiger partial charge is 0.306 e. The maximum atomic E-state index is 10.3. The van der Waals surface area contributed by atoms with Crippen molar-refractivity contribution in [2.45, 2.75) is 6.42 Å². The molecule has 0 aliphatic heterocycles. The van der Waals surface area contributed by atoms with Crippen molar-refractivity contribution in [3.63, 3.8) is 0 Å². The SMILES string of the molecule is O=CCc1cn2cc(Br)ccc2n1. The molecule has 2 aromatic rings. The summed E-state index contributed by atoms with van der Waals surface area (Å²) in [4.78, 5) is 14.5. The molecule has 0 fully saturated rings. The molecule has 0 aromatic carbocycles. The van der Waals surface area contributed by atoms with E-state index in [1.54, 1.807) is 0 Å². The highest BCUT2D eigenvalue weighted by Crippen LogP contribution is 2.12. The Hall–Kier alpha value is -1.16. The van der Waals surface area contributed by atoms with Gasteiger partial charge in [-0.2, -0.15) is 0 Å². The number of halogens is 1. The fourth-order valence-corrected chi connectivity index (χ4v) is 1.55. The van der Waals surface area contributed by atoms with Gasteiger partial charge in [-0.05, 0) is 28.1 Å². The number of fused-ring (bicyclic) bond motifs is 1. The van der Waals surface area contributed by atoms with Gasteiger partial charge in [0.1, 0.15) is 11.9 Å². The van der Waals surface area contributed by atoms with E-state index in [0.29, 0.717) is 6.42 Å². The molecule has 3 nitrogen and oxygen atoms in total. The first-order chi connectivity index (χ1) is 6.29. The fourth-order valence-electron chi connectivity index (χ4n) is 1.20. The van der Waals surface area contributed by atoms with Crippen LogP contribution in [0.15, 0.2) is 29.0 Å². The van der Waals surface area contributed by atoms with Crippen molar-refractivity contribution in [3.8, 4) is 0 Å². The number of carbonyl (C=O) groups is 1. The van der Waals surface area contributed by atoms with Crippen molar-refractivity contribution in [2.24, 2.45) is 0 Å². The first-order valence-electron chi connectivity index (χ1n) is 3.86. The summed E-state index contributed by atoms with van der Waals surface area (Å²) in [7, 11) is 0. The molecule has 66 valence electrons. The molecule has 0 saturated carbocycles. The molecule has 0 spiro atoms.